The van der Waals surface area contributed by atoms with E-state index in [0.29, 0.717) is 42.8 Å². The molecule has 0 saturated heterocycles. The Bertz CT molecular complexity index is 1360. The summed E-state index contributed by atoms with van der Waals surface area (Å²) in [6.07, 6.45) is 2.80. The maximum absolute atomic E-state index is 12.8. The highest BCUT2D eigenvalue weighted by Crippen LogP contribution is 2.39. The lowest BCUT2D eigenvalue weighted by atomic mass is 9.94. The van der Waals surface area contributed by atoms with E-state index in [1.807, 2.05) is 43.3 Å². The van der Waals surface area contributed by atoms with Gasteiger partial charge < -0.3 is 24.5 Å². The Kier molecular flexibility index (Phi) is 9.44. The van der Waals surface area contributed by atoms with E-state index >= 15 is 0 Å². The molecule has 12 heteroatoms. The molecule has 1 saturated carbocycles. The zero-order valence-corrected chi connectivity index (χ0v) is 24.7. The van der Waals surface area contributed by atoms with Crippen LogP contribution < -0.4 is 14.9 Å². The SMILES string of the molecule is COCCN(CC1CC1C)c1cc(-c2nnc([C@](C)(N)Cc3ccccc3)o2)cc(N(CCOC)S(C)(=O)=O)n1. The molecule has 1 fully saturated rings. The van der Waals surface area contributed by atoms with Crippen molar-refractivity contribution in [2.45, 2.75) is 32.2 Å². The molecule has 11 nitrogen and oxygen atoms in total. The largest absolute Gasteiger partial charge is 0.419 e. The lowest BCUT2D eigenvalue weighted by Gasteiger charge is -2.27. The highest BCUT2D eigenvalue weighted by atomic mass is 32.2. The van der Waals surface area contributed by atoms with Crippen molar-refractivity contribution in [2.24, 2.45) is 17.6 Å². The number of benzene rings is 1. The average molecular weight is 573 g/mol. The monoisotopic (exact) mass is 572 g/mol. The van der Waals surface area contributed by atoms with Crippen molar-refractivity contribution in [1.29, 1.82) is 0 Å². The first kappa shape index (κ1) is 29.9. The molecule has 2 aromatic heterocycles. The summed E-state index contributed by atoms with van der Waals surface area (Å²) in [7, 11) is -0.478. The number of rotatable bonds is 15. The molecule has 1 aliphatic rings. The molecule has 1 aliphatic carbocycles. The quantitative estimate of drug-likeness (QED) is 0.289. The van der Waals surface area contributed by atoms with Crippen molar-refractivity contribution in [2.75, 3.05) is 62.5 Å². The van der Waals surface area contributed by atoms with Crippen LogP contribution in [0.25, 0.3) is 11.5 Å². The second kappa shape index (κ2) is 12.6. The maximum atomic E-state index is 12.8. The van der Waals surface area contributed by atoms with Gasteiger partial charge in [0.2, 0.25) is 21.8 Å². The third kappa shape index (κ3) is 7.57. The van der Waals surface area contributed by atoms with Crippen LogP contribution in [0, 0.1) is 11.8 Å². The Morgan fingerprint density at radius 3 is 2.35 bits per heavy atom. The normalized spacial score (nSPS) is 18.4. The molecular weight excluding hydrogens is 532 g/mol. The predicted octanol–water partition coefficient (Wildman–Crippen LogP) is 3.07. The van der Waals surface area contributed by atoms with Crippen molar-refractivity contribution in [3.8, 4) is 11.5 Å². The minimum absolute atomic E-state index is 0.107. The number of methoxy groups -OCH3 is 2. The third-order valence-electron chi connectivity index (χ3n) is 7.15. The fourth-order valence-corrected chi connectivity index (χ4v) is 5.48. The van der Waals surface area contributed by atoms with Gasteiger partial charge in [0.25, 0.3) is 0 Å². The summed E-state index contributed by atoms with van der Waals surface area (Å²) in [6, 6.07) is 13.4. The van der Waals surface area contributed by atoms with E-state index in [4.69, 9.17) is 24.6 Å². The van der Waals surface area contributed by atoms with Crippen LogP contribution >= 0.6 is 0 Å². The molecule has 0 amide bonds. The molecule has 0 spiro atoms. The van der Waals surface area contributed by atoms with Crippen molar-refractivity contribution < 1.29 is 22.3 Å². The van der Waals surface area contributed by atoms with Gasteiger partial charge in [0.1, 0.15) is 11.6 Å². The van der Waals surface area contributed by atoms with Gasteiger partial charge in [-0.2, -0.15) is 0 Å². The molecule has 0 radical (unpaired) electrons. The molecule has 2 unspecified atom stereocenters. The second-order valence-corrected chi connectivity index (χ2v) is 12.7. The van der Waals surface area contributed by atoms with E-state index in [1.165, 1.54) is 11.4 Å². The minimum Gasteiger partial charge on any atom is -0.419 e. The molecule has 40 heavy (non-hydrogen) atoms. The lowest BCUT2D eigenvalue weighted by molar-refractivity contribution is 0.204. The molecule has 0 aliphatic heterocycles. The molecule has 2 heterocycles. The van der Waals surface area contributed by atoms with Crippen LogP contribution in [0.15, 0.2) is 46.9 Å². The second-order valence-electron chi connectivity index (χ2n) is 10.8. The van der Waals surface area contributed by atoms with Gasteiger partial charge in [0, 0.05) is 32.9 Å². The Balaban J connectivity index is 1.75. The summed E-state index contributed by atoms with van der Waals surface area (Å²) in [5.74, 6) is 2.54. The number of ether oxygens (including phenoxy) is 2. The van der Waals surface area contributed by atoms with Crippen LogP contribution in [-0.4, -0.2) is 76.9 Å². The number of hydrogen-bond donors (Lipinski definition) is 1. The summed E-state index contributed by atoms with van der Waals surface area (Å²) >= 11 is 0. The third-order valence-corrected chi connectivity index (χ3v) is 8.32. The number of nitrogens with two attached hydrogens (primary N) is 1. The fourth-order valence-electron chi connectivity index (χ4n) is 4.64. The van der Waals surface area contributed by atoms with E-state index in [-0.39, 0.29) is 30.8 Å². The topological polar surface area (TPSA) is 137 Å². The Labute approximate surface area is 236 Å². The first-order chi connectivity index (χ1) is 19.0. The van der Waals surface area contributed by atoms with Crippen molar-refractivity contribution in [1.82, 2.24) is 15.2 Å². The van der Waals surface area contributed by atoms with E-state index in [2.05, 4.69) is 22.0 Å². The zero-order valence-electron chi connectivity index (χ0n) is 23.9. The van der Waals surface area contributed by atoms with Crippen LogP contribution in [0.2, 0.25) is 0 Å². The van der Waals surface area contributed by atoms with Gasteiger partial charge in [0.05, 0.1) is 31.6 Å². The number of hydrogen-bond acceptors (Lipinski definition) is 10. The summed E-state index contributed by atoms with van der Waals surface area (Å²) in [5, 5.41) is 8.58. The van der Waals surface area contributed by atoms with Crippen LogP contribution in [0.4, 0.5) is 11.6 Å². The predicted molar refractivity (Wildman–Crippen MR) is 155 cm³/mol. The van der Waals surface area contributed by atoms with Gasteiger partial charge in [-0.15, -0.1) is 10.2 Å². The molecule has 1 aromatic carbocycles. The van der Waals surface area contributed by atoms with Crippen molar-refractivity contribution in [3.05, 3.63) is 53.9 Å². The van der Waals surface area contributed by atoms with E-state index < -0.39 is 15.6 Å². The van der Waals surface area contributed by atoms with Gasteiger partial charge in [-0.25, -0.2) is 13.4 Å². The molecule has 3 atom stereocenters. The molecule has 218 valence electrons. The highest BCUT2D eigenvalue weighted by molar-refractivity contribution is 7.92. The molecule has 0 bridgehead atoms. The van der Waals surface area contributed by atoms with Gasteiger partial charge in [-0.1, -0.05) is 37.3 Å². The Hall–Kier alpha value is -3.06. The fraction of sp³-hybridized carbons (Fsp3) is 0.536. The van der Waals surface area contributed by atoms with E-state index in [0.717, 1.165) is 24.8 Å². The van der Waals surface area contributed by atoms with Gasteiger partial charge in [-0.3, -0.25) is 4.31 Å². The zero-order chi connectivity index (χ0) is 28.9. The molecule has 3 aromatic rings. The number of pyridine rings is 1. The first-order valence-electron chi connectivity index (χ1n) is 13.4. The summed E-state index contributed by atoms with van der Waals surface area (Å²) in [4.78, 5) is 6.92. The van der Waals surface area contributed by atoms with E-state index in [1.54, 1.807) is 13.2 Å². The van der Waals surface area contributed by atoms with Crippen molar-refractivity contribution in [3.63, 3.8) is 0 Å². The number of nitrogens with zero attached hydrogens (tertiary/aromatic N) is 5. The van der Waals surface area contributed by atoms with Crippen LogP contribution in [0.3, 0.4) is 0 Å². The maximum Gasteiger partial charge on any atom is 0.248 e. The van der Waals surface area contributed by atoms with Gasteiger partial charge in [-0.05, 0) is 49.3 Å². The van der Waals surface area contributed by atoms with Crippen LogP contribution in [-0.2, 0) is 31.5 Å². The Morgan fingerprint density at radius 2 is 1.73 bits per heavy atom. The smallest absolute Gasteiger partial charge is 0.248 e. The number of aromatic nitrogens is 3. The average Bonchev–Trinajstić information content (AvgIpc) is 3.36. The molecule has 4 rings (SSSR count). The molecular formula is C28H40N6O5S. The van der Waals surface area contributed by atoms with Crippen LogP contribution in [0.1, 0.15) is 31.7 Å². The highest BCUT2D eigenvalue weighted by Gasteiger charge is 2.35. The van der Waals surface area contributed by atoms with Gasteiger partial charge in [0.15, 0.2) is 0 Å². The lowest BCUT2D eigenvalue weighted by Crippen LogP contribution is -2.35. The summed E-state index contributed by atoms with van der Waals surface area (Å²) < 4.78 is 43.5. The summed E-state index contributed by atoms with van der Waals surface area (Å²) in [6.45, 7) is 6.26. The standard InChI is InChI=1S/C28H40N6O5S/c1-20-15-23(20)19-33(11-13-37-3)24-16-22(17-25(30-24)34(12-14-38-4)40(5,35)36)26-31-32-27(39-26)28(2,29)18-21-9-7-6-8-10-21/h6-10,16-17,20,23H,11-15,18-19,29H2,1-5H3/t20?,23?,28-/m1/s1. The first-order valence-corrected chi connectivity index (χ1v) is 15.3. The van der Waals surface area contributed by atoms with Crippen molar-refractivity contribution >= 4 is 21.7 Å². The van der Waals surface area contributed by atoms with E-state index in [9.17, 15) is 8.42 Å². The number of sulfonamides is 1. The Morgan fingerprint density at radius 1 is 1.07 bits per heavy atom. The van der Waals surface area contributed by atoms with Crippen LogP contribution in [0.5, 0.6) is 0 Å². The molecule has 2 N–H and O–H groups in total. The van der Waals surface area contributed by atoms with Gasteiger partial charge >= 0.3 is 0 Å². The number of anilines is 2. The minimum atomic E-state index is -3.66. The summed E-state index contributed by atoms with van der Waals surface area (Å²) in [5.41, 5.74) is 7.31.